The number of carbonyl (C=O) groups is 1. The van der Waals surface area contributed by atoms with E-state index in [4.69, 9.17) is 13.9 Å². The number of aromatic nitrogens is 4. The van der Waals surface area contributed by atoms with Crippen LogP contribution >= 0.6 is 0 Å². The zero-order chi connectivity index (χ0) is 23.3. The number of ether oxygens (including phenoxy) is 2. The van der Waals surface area contributed by atoms with Crippen molar-refractivity contribution in [1.82, 2.24) is 24.9 Å². The van der Waals surface area contributed by atoms with Crippen molar-refractivity contribution < 1.29 is 18.7 Å². The molecule has 2 saturated heterocycles. The van der Waals surface area contributed by atoms with Gasteiger partial charge in [0.05, 0.1) is 29.8 Å². The second kappa shape index (κ2) is 7.98. The molecule has 1 atom stereocenters. The van der Waals surface area contributed by atoms with Crippen molar-refractivity contribution in [3.8, 4) is 17.3 Å². The summed E-state index contributed by atoms with van der Waals surface area (Å²) in [6, 6.07) is 7.51. The summed E-state index contributed by atoms with van der Waals surface area (Å²) < 4.78 is 19.6. The molecule has 0 saturated carbocycles. The fourth-order valence-electron chi connectivity index (χ4n) is 4.61. The Kier molecular flexibility index (Phi) is 4.91. The minimum Gasteiger partial charge on any atom is -0.474 e. The molecular formula is C24H26N6O4. The summed E-state index contributed by atoms with van der Waals surface area (Å²) in [5.41, 5.74) is 1.92. The van der Waals surface area contributed by atoms with Gasteiger partial charge in [0.15, 0.2) is 11.4 Å². The smallest absolute Gasteiger partial charge is 0.231 e. The Morgan fingerprint density at radius 3 is 3.00 bits per heavy atom. The van der Waals surface area contributed by atoms with Crippen LogP contribution in [-0.2, 0) is 9.53 Å². The summed E-state index contributed by atoms with van der Waals surface area (Å²) in [5, 5.41) is 8.45. The van der Waals surface area contributed by atoms with E-state index in [9.17, 15) is 4.79 Å². The van der Waals surface area contributed by atoms with Gasteiger partial charge in [-0.1, -0.05) is 0 Å². The molecule has 0 aliphatic carbocycles. The van der Waals surface area contributed by atoms with Crippen LogP contribution in [0.1, 0.15) is 26.7 Å². The molecule has 1 amide bonds. The molecule has 4 aromatic rings. The van der Waals surface area contributed by atoms with Gasteiger partial charge in [0.2, 0.25) is 11.8 Å². The number of nitrogens with zero attached hydrogens (tertiary/aromatic N) is 5. The van der Waals surface area contributed by atoms with Crippen LogP contribution < -0.4 is 15.0 Å². The number of nitrogens with one attached hydrogen (secondary N) is 1. The highest BCUT2D eigenvalue weighted by atomic mass is 16.5. The Morgan fingerprint density at radius 2 is 2.18 bits per heavy atom. The lowest BCUT2D eigenvalue weighted by atomic mass is 10.1. The van der Waals surface area contributed by atoms with Crippen molar-refractivity contribution >= 4 is 28.3 Å². The average molecular weight is 463 g/mol. The number of amides is 1. The maximum atomic E-state index is 11.4. The van der Waals surface area contributed by atoms with Crippen LogP contribution in [-0.4, -0.2) is 63.4 Å². The van der Waals surface area contributed by atoms with E-state index in [0.29, 0.717) is 36.9 Å². The number of carbonyl (C=O) groups excluding carboxylic acids is 1. The SMILES string of the molecule is CC1(C)CN(c2nccc3oc(-c4cnc5ccc(OC[C@H]6CCC(=O)N6)nn45)cc23)CCO1. The zero-order valence-corrected chi connectivity index (χ0v) is 19.2. The summed E-state index contributed by atoms with van der Waals surface area (Å²) in [6.45, 7) is 6.73. The second-order valence-electron chi connectivity index (χ2n) is 9.39. The van der Waals surface area contributed by atoms with Crippen molar-refractivity contribution in [2.24, 2.45) is 0 Å². The predicted molar refractivity (Wildman–Crippen MR) is 125 cm³/mol. The van der Waals surface area contributed by atoms with E-state index in [1.807, 2.05) is 18.2 Å². The minimum absolute atomic E-state index is 0.0127. The molecule has 0 radical (unpaired) electrons. The Bertz CT molecular complexity index is 1380. The average Bonchev–Trinajstić information content (AvgIpc) is 3.54. The molecule has 6 rings (SSSR count). The monoisotopic (exact) mass is 462 g/mol. The number of hydrogen-bond acceptors (Lipinski definition) is 8. The van der Waals surface area contributed by atoms with E-state index < -0.39 is 0 Å². The van der Waals surface area contributed by atoms with Gasteiger partial charge in [0.1, 0.15) is 23.7 Å². The number of anilines is 1. The van der Waals surface area contributed by atoms with Crippen molar-refractivity contribution in [1.29, 1.82) is 0 Å². The molecule has 6 heterocycles. The molecule has 2 fully saturated rings. The molecular weight excluding hydrogens is 436 g/mol. The summed E-state index contributed by atoms with van der Waals surface area (Å²) in [6.07, 6.45) is 4.82. The fourth-order valence-corrected chi connectivity index (χ4v) is 4.61. The summed E-state index contributed by atoms with van der Waals surface area (Å²) >= 11 is 0. The molecule has 0 unspecified atom stereocenters. The van der Waals surface area contributed by atoms with Gasteiger partial charge in [-0.3, -0.25) is 4.79 Å². The van der Waals surface area contributed by atoms with Crippen LogP contribution in [0.2, 0.25) is 0 Å². The Hall–Kier alpha value is -3.66. The Morgan fingerprint density at radius 1 is 1.26 bits per heavy atom. The van der Waals surface area contributed by atoms with Crippen molar-refractivity contribution in [3.05, 3.63) is 36.7 Å². The maximum absolute atomic E-state index is 11.4. The third-order valence-electron chi connectivity index (χ3n) is 6.26. The molecule has 34 heavy (non-hydrogen) atoms. The fraction of sp³-hybridized carbons (Fsp3) is 0.417. The van der Waals surface area contributed by atoms with Gasteiger partial charge >= 0.3 is 0 Å². The van der Waals surface area contributed by atoms with E-state index in [2.05, 4.69) is 39.1 Å². The molecule has 176 valence electrons. The van der Waals surface area contributed by atoms with Gasteiger partial charge in [-0.25, -0.2) is 14.5 Å². The van der Waals surface area contributed by atoms with E-state index in [1.54, 1.807) is 23.0 Å². The molecule has 10 nitrogen and oxygen atoms in total. The normalized spacial score (nSPS) is 20.2. The number of furan rings is 1. The van der Waals surface area contributed by atoms with Gasteiger partial charge in [-0.2, -0.15) is 0 Å². The van der Waals surface area contributed by atoms with Crippen LogP contribution in [0, 0.1) is 0 Å². The van der Waals surface area contributed by atoms with Crippen molar-refractivity contribution in [2.75, 3.05) is 31.2 Å². The van der Waals surface area contributed by atoms with Crippen LogP contribution in [0.5, 0.6) is 5.88 Å². The van der Waals surface area contributed by atoms with Crippen LogP contribution in [0.25, 0.3) is 28.1 Å². The van der Waals surface area contributed by atoms with E-state index >= 15 is 0 Å². The summed E-state index contributed by atoms with van der Waals surface area (Å²) in [7, 11) is 0. The summed E-state index contributed by atoms with van der Waals surface area (Å²) in [4.78, 5) is 22.8. The molecule has 10 heteroatoms. The van der Waals surface area contributed by atoms with Gasteiger partial charge in [0.25, 0.3) is 0 Å². The Balaban J connectivity index is 1.31. The molecule has 2 aliphatic heterocycles. The molecule has 4 aromatic heterocycles. The maximum Gasteiger partial charge on any atom is 0.231 e. The molecule has 1 N–H and O–H groups in total. The minimum atomic E-state index is -0.238. The highest BCUT2D eigenvalue weighted by Gasteiger charge is 2.29. The molecule has 0 aromatic carbocycles. The van der Waals surface area contributed by atoms with Crippen molar-refractivity contribution in [3.63, 3.8) is 0 Å². The number of rotatable bonds is 5. The topological polar surface area (TPSA) is 107 Å². The lowest BCUT2D eigenvalue weighted by Gasteiger charge is -2.38. The van der Waals surface area contributed by atoms with Crippen LogP contribution in [0.3, 0.4) is 0 Å². The molecule has 0 bridgehead atoms. The quantitative estimate of drug-likeness (QED) is 0.483. The van der Waals surface area contributed by atoms with Gasteiger partial charge < -0.3 is 24.1 Å². The largest absolute Gasteiger partial charge is 0.474 e. The molecule has 2 aliphatic rings. The number of imidazole rings is 1. The number of morpholine rings is 1. The number of hydrogen-bond donors (Lipinski definition) is 1. The first-order chi connectivity index (χ1) is 16.4. The zero-order valence-electron chi connectivity index (χ0n) is 19.2. The highest BCUT2D eigenvalue weighted by molar-refractivity contribution is 5.92. The van der Waals surface area contributed by atoms with Gasteiger partial charge in [-0.05, 0) is 38.5 Å². The third kappa shape index (κ3) is 3.83. The Labute approximate surface area is 195 Å². The first kappa shape index (κ1) is 20.9. The lowest BCUT2D eigenvalue weighted by Crippen LogP contribution is -2.48. The predicted octanol–water partition coefficient (Wildman–Crippen LogP) is 2.81. The molecule has 0 spiro atoms. The second-order valence-corrected chi connectivity index (χ2v) is 9.39. The lowest BCUT2D eigenvalue weighted by molar-refractivity contribution is -0.119. The standard InChI is InChI=1S/C24H26N6O4/c1-24(2)14-29(9-10-33-24)23-16-11-19(34-18(16)7-8-25-23)17-12-26-20-4-6-22(28-30(17)20)32-13-15-3-5-21(31)27-15/h4,6-8,11-12,15H,3,5,9-10,13-14H2,1-2H3,(H,27,31)/t15-/m1/s1. The van der Waals surface area contributed by atoms with E-state index in [1.165, 1.54) is 0 Å². The summed E-state index contributed by atoms with van der Waals surface area (Å²) in [5.74, 6) is 2.06. The first-order valence-corrected chi connectivity index (χ1v) is 11.5. The van der Waals surface area contributed by atoms with Crippen LogP contribution in [0.15, 0.2) is 41.1 Å². The number of fused-ring (bicyclic) bond motifs is 2. The van der Waals surface area contributed by atoms with Gasteiger partial charge in [0, 0.05) is 31.8 Å². The van der Waals surface area contributed by atoms with E-state index in [0.717, 1.165) is 42.0 Å². The first-order valence-electron chi connectivity index (χ1n) is 11.5. The highest BCUT2D eigenvalue weighted by Crippen LogP contribution is 2.34. The van der Waals surface area contributed by atoms with Crippen molar-refractivity contribution in [2.45, 2.75) is 38.3 Å². The van der Waals surface area contributed by atoms with E-state index in [-0.39, 0.29) is 17.6 Å². The van der Waals surface area contributed by atoms with Gasteiger partial charge in [-0.15, -0.1) is 5.10 Å². The van der Waals surface area contributed by atoms with Crippen LogP contribution in [0.4, 0.5) is 5.82 Å². The number of pyridine rings is 1. The third-order valence-corrected chi connectivity index (χ3v) is 6.26.